The first-order valence-corrected chi connectivity index (χ1v) is 9.96. The average molecular weight is 353 g/mol. The minimum Gasteiger partial charge on any atom is -0.364 e. The molecule has 0 fully saturated rings. The molecule has 0 aliphatic carbocycles. The number of hydrogen-bond acceptors (Lipinski definition) is 2. The maximum absolute atomic E-state index is 11.5. The quantitative estimate of drug-likeness (QED) is 0.261. The Labute approximate surface area is 152 Å². The van der Waals surface area contributed by atoms with Crippen molar-refractivity contribution in [2.75, 3.05) is 0 Å². The van der Waals surface area contributed by atoms with Gasteiger partial charge < -0.3 is 4.74 Å². The number of carbonyl (C=O) groups excluding carboxylic acids is 1. The molecule has 0 amide bonds. The molecule has 0 bridgehead atoms. The summed E-state index contributed by atoms with van der Waals surface area (Å²) < 4.78 is 5.69. The molecule has 1 aromatic rings. The van der Waals surface area contributed by atoms with Gasteiger partial charge in [0.1, 0.15) is 6.10 Å². The van der Waals surface area contributed by atoms with Gasteiger partial charge in [0.2, 0.25) is 0 Å². The lowest BCUT2D eigenvalue weighted by molar-refractivity contribution is -0.123. The molecule has 1 atom stereocenters. The van der Waals surface area contributed by atoms with Gasteiger partial charge in [-0.15, -0.1) is 0 Å². The zero-order valence-corrected chi connectivity index (χ0v) is 15.9. The highest BCUT2D eigenvalue weighted by Crippen LogP contribution is 2.15. The van der Waals surface area contributed by atoms with Crippen molar-refractivity contribution < 1.29 is 9.53 Å². The standard InChI is InChI=1S/C21H33ClO2/c1-2-3-4-5-6-7-8-9-10-14-17-20(21(22)23)24-18-19-15-12-11-13-16-19/h11-13,15-16,20H,2-10,14,17-18H2,1H3. The summed E-state index contributed by atoms with van der Waals surface area (Å²) in [6, 6.07) is 9.90. The van der Waals surface area contributed by atoms with Gasteiger partial charge in [0.15, 0.2) is 0 Å². The molecule has 136 valence electrons. The summed E-state index contributed by atoms with van der Waals surface area (Å²) in [5.74, 6) is 0. The molecule has 0 saturated heterocycles. The summed E-state index contributed by atoms with van der Waals surface area (Å²) in [6.45, 7) is 2.70. The van der Waals surface area contributed by atoms with Crippen LogP contribution in [0.4, 0.5) is 0 Å². The summed E-state index contributed by atoms with van der Waals surface area (Å²) >= 11 is 5.67. The number of benzene rings is 1. The second-order valence-corrected chi connectivity index (χ2v) is 6.93. The summed E-state index contributed by atoms with van der Waals surface area (Å²) in [4.78, 5) is 11.5. The van der Waals surface area contributed by atoms with Crippen molar-refractivity contribution in [2.45, 2.75) is 90.3 Å². The lowest BCUT2D eigenvalue weighted by Crippen LogP contribution is -2.20. The summed E-state index contributed by atoms with van der Waals surface area (Å²) in [7, 11) is 0. The van der Waals surface area contributed by atoms with E-state index in [1.54, 1.807) is 0 Å². The van der Waals surface area contributed by atoms with Gasteiger partial charge in [-0.05, 0) is 23.6 Å². The van der Waals surface area contributed by atoms with Gasteiger partial charge in [0.25, 0.3) is 5.24 Å². The normalized spacial score (nSPS) is 12.2. The van der Waals surface area contributed by atoms with E-state index in [9.17, 15) is 4.79 Å². The van der Waals surface area contributed by atoms with Gasteiger partial charge in [-0.2, -0.15) is 0 Å². The molecule has 3 heteroatoms. The molecule has 0 aliphatic heterocycles. The van der Waals surface area contributed by atoms with E-state index in [-0.39, 0.29) is 5.24 Å². The van der Waals surface area contributed by atoms with E-state index < -0.39 is 6.10 Å². The van der Waals surface area contributed by atoms with E-state index in [4.69, 9.17) is 16.3 Å². The fraction of sp³-hybridized carbons (Fsp3) is 0.667. The predicted octanol–water partition coefficient (Wildman–Crippen LogP) is 6.65. The van der Waals surface area contributed by atoms with Gasteiger partial charge in [0.05, 0.1) is 6.61 Å². The summed E-state index contributed by atoms with van der Waals surface area (Å²) in [5, 5.41) is -0.373. The van der Waals surface area contributed by atoms with Crippen LogP contribution in [0.1, 0.15) is 83.1 Å². The van der Waals surface area contributed by atoms with Crippen molar-refractivity contribution in [1.82, 2.24) is 0 Å². The van der Waals surface area contributed by atoms with Crippen LogP contribution in [0.15, 0.2) is 30.3 Å². The minimum absolute atomic E-state index is 0.373. The zero-order chi connectivity index (χ0) is 17.5. The molecular weight excluding hydrogens is 320 g/mol. The van der Waals surface area contributed by atoms with Gasteiger partial charge in [-0.1, -0.05) is 101 Å². The molecule has 1 unspecified atom stereocenters. The van der Waals surface area contributed by atoms with E-state index in [0.717, 1.165) is 24.8 Å². The molecule has 1 aromatic carbocycles. The topological polar surface area (TPSA) is 26.3 Å². The molecule has 0 spiro atoms. The molecular formula is C21H33ClO2. The lowest BCUT2D eigenvalue weighted by atomic mass is 10.0. The van der Waals surface area contributed by atoms with Crippen LogP contribution in [-0.4, -0.2) is 11.3 Å². The fourth-order valence-electron chi connectivity index (χ4n) is 2.85. The predicted molar refractivity (Wildman–Crippen MR) is 102 cm³/mol. The third-order valence-corrected chi connectivity index (χ3v) is 4.61. The molecule has 0 N–H and O–H groups in total. The van der Waals surface area contributed by atoms with E-state index in [1.807, 2.05) is 30.3 Å². The Hall–Kier alpha value is -0.860. The first-order valence-electron chi connectivity index (χ1n) is 9.59. The Balaban J connectivity index is 2.04. The van der Waals surface area contributed by atoms with E-state index in [2.05, 4.69) is 6.92 Å². The van der Waals surface area contributed by atoms with Gasteiger partial charge >= 0.3 is 0 Å². The number of carbonyl (C=O) groups is 1. The largest absolute Gasteiger partial charge is 0.364 e. The monoisotopic (exact) mass is 352 g/mol. The highest BCUT2D eigenvalue weighted by molar-refractivity contribution is 6.64. The van der Waals surface area contributed by atoms with Crippen LogP contribution in [0.2, 0.25) is 0 Å². The maximum Gasteiger partial charge on any atom is 0.250 e. The Morgan fingerprint density at radius 3 is 2.00 bits per heavy atom. The zero-order valence-electron chi connectivity index (χ0n) is 15.1. The third kappa shape index (κ3) is 10.8. The van der Waals surface area contributed by atoms with E-state index in [0.29, 0.717) is 6.61 Å². The molecule has 0 heterocycles. The second kappa shape index (κ2) is 14.5. The van der Waals surface area contributed by atoms with Crippen molar-refractivity contribution in [2.24, 2.45) is 0 Å². The first-order chi connectivity index (χ1) is 11.7. The molecule has 0 radical (unpaired) electrons. The van der Waals surface area contributed by atoms with Crippen molar-refractivity contribution in [3.05, 3.63) is 35.9 Å². The Kier molecular flexibility index (Phi) is 12.8. The summed E-state index contributed by atoms with van der Waals surface area (Å²) in [5.41, 5.74) is 1.07. The average Bonchev–Trinajstić information content (AvgIpc) is 2.59. The Bertz CT molecular complexity index is 419. The van der Waals surface area contributed by atoms with Gasteiger partial charge in [-0.3, -0.25) is 4.79 Å². The number of halogens is 1. The van der Waals surface area contributed by atoms with Crippen LogP contribution >= 0.6 is 11.6 Å². The SMILES string of the molecule is CCCCCCCCCCCCC(OCc1ccccc1)C(=O)Cl. The maximum atomic E-state index is 11.5. The second-order valence-electron chi connectivity index (χ2n) is 6.56. The smallest absolute Gasteiger partial charge is 0.250 e. The third-order valence-electron chi connectivity index (χ3n) is 4.37. The van der Waals surface area contributed by atoms with Crippen LogP contribution in [0.3, 0.4) is 0 Å². The van der Waals surface area contributed by atoms with Crippen LogP contribution < -0.4 is 0 Å². The van der Waals surface area contributed by atoms with Crippen molar-refractivity contribution in [1.29, 1.82) is 0 Å². The van der Waals surface area contributed by atoms with Crippen LogP contribution in [-0.2, 0) is 16.1 Å². The molecule has 0 aromatic heterocycles. The van der Waals surface area contributed by atoms with E-state index >= 15 is 0 Å². The molecule has 2 nitrogen and oxygen atoms in total. The van der Waals surface area contributed by atoms with Crippen molar-refractivity contribution >= 4 is 16.8 Å². The molecule has 24 heavy (non-hydrogen) atoms. The molecule has 1 rings (SSSR count). The highest BCUT2D eigenvalue weighted by atomic mass is 35.5. The lowest BCUT2D eigenvalue weighted by Gasteiger charge is -2.14. The van der Waals surface area contributed by atoms with Crippen LogP contribution in [0.25, 0.3) is 0 Å². The highest BCUT2D eigenvalue weighted by Gasteiger charge is 2.16. The molecule has 0 aliphatic rings. The van der Waals surface area contributed by atoms with Gasteiger partial charge in [-0.25, -0.2) is 0 Å². The number of rotatable bonds is 15. The Morgan fingerprint density at radius 1 is 0.917 bits per heavy atom. The Morgan fingerprint density at radius 2 is 1.46 bits per heavy atom. The van der Waals surface area contributed by atoms with Crippen molar-refractivity contribution in [3.8, 4) is 0 Å². The minimum atomic E-state index is -0.471. The number of unbranched alkanes of at least 4 members (excludes halogenated alkanes) is 9. The van der Waals surface area contributed by atoms with Crippen molar-refractivity contribution in [3.63, 3.8) is 0 Å². The summed E-state index contributed by atoms with van der Waals surface area (Å²) in [6.07, 6.45) is 13.1. The number of hydrogen-bond donors (Lipinski definition) is 0. The molecule has 0 saturated carbocycles. The van der Waals surface area contributed by atoms with Crippen LogP contribution in [0, 0.1) is 0 Å². The van der Waals surface area contributed by atoms with Crippen LogP contribution in [0.5, 0.6) is 0 Å². The first kappa shape index (κ1) is 21.2. The van der Waals surface area contributed by atoms with E-state index in [1.165, 1.54) is 51.4 Å². The fourth-order valence-corrected chi connectivity index (χ4v) is 3.02. The number of ether oxygens (including phenoxy) is 1. The van der Waals surface area contributed by atoms with Gasteiger partial charge in [0, 0.05) is 0 Å².